The molecule has 2 N–H and O–H groups in total. The van der Waals surface area contributed by atoms with Gasteiger partial charge in [-0.25, -0.2) is 8.78 Å². The van der Waals surface area contributed by atoms with Crippen LogP contribution < -0.4 is 5.73 Å². The summed E-state index contributed by atoms with van der Waals surface area (Å²) >= 11 is 1.01. The van der Waals surface area contributed by atoms with Crippen molar-refractivity contribution in [3.05, 3.63) is 11.1 Å². The summed E-state index contributed by atoms with van der Waals surface area (Å²) in [5, 5.41) is 4.90. The van der Waals surface area contributed by atoms with Crippen molar-refractivity contribution in [2.45, 2.75) is 18.9 Å². The molecule has 11 heavy (non-hydrogen) atoms. The summed E-state index contributed by atoms with van der Waals surface area (Å²) in [6.45, 7) is 1.23. The lowest BCUT2D eigenvalue weighted by molar-refractivity contribution is 0.0601. The van der Waals surface area contributed by atoms with Crippen LogP contribution in [0.2, 0.25) is 0 Å². The standard InChI is InChI=1S/C5H7F2N3S/c1-5(8,4(6)7)3-2-11-10-9-3/h2,4H,8H2,1H3. The maximum Gasteiger partial charge on any atom is 0.261 e. The van der Waals surface area contributed by atoms with Gasteiger partial charge in [-0.05, 0) is 18.5 Å². The van der Waals surface area contributed by atoms with Crippen molar-refractivity contribution in [3.8, 4) is 0 Å². The lowest BCUT2D eigenvalue weighted by Crippen LogP contribution is -2.40. The minimum absolute atomic E-state index is 0.137. The Bertz CT molecular complexity index is 222. The molecule has 1 aromatic heterocycles. The minimum Gasteiger partial charge on any atom is -0.316 e. The van der Waals surface area contributed by atoms with Crippen molar-refractivity contribution in [2.24, 2.45) is 5.73 Å². The summed E-state index contributed by atoms with van der Waals surface area (Å²) in [6, 6.07) is 0. The van der Waals surface area contributed by atoms with Crippen LogP contribution in [0.4, 0.5) is 8.78 Å². The summed E-state index contributed by atoms with van der Waals surface area (Å²) in [5.74, 6) is 0. The van der Waals surface area contributed by atoms with Gasteiger partial charge in [0, 0.05) is 5.38 Å². The lowest BCUT2D eigenvalue weighted by Gasteiger charge is -2.19. The molecule has 0 aromatic carbocycles. The molecule has 6 heteroatoms. The van der Waals surface area contributed by atoms with Crippen LogP contribution in [0.25, 0.3) is 0 Å². The molecule has 0 saturated carbocycles. The summed E-state index contributed by atoms with van der Waals surface area (Å²) in [4.78, 5) is 0. The molecule has 0 spiro atoms. The van der Waals surface area contributed by atoms with Gasteiger partial charge >= 0.3 is 0 Å². The molecular weight excluding hydrogens is 172 g/mol. The summed E-state index contributed by atoms with van der Waals surface area (Å²) in [7, 11) is 0. The van der Waals surface area contributed by atoms with Gasteiger partial charge in [-0.15, -0.1) is 5.10 Å². The largest absolute Gasteiger partial charge is 0.316 e. The molecule has 1 aromatic rings. The smallest absolute Gasteiger partial charge is 0.261 e. The van der Waals surface area contributed by atoms with Crippen LogP contribution in [0.1, 0.15) is 12.6 Å². The summed E-state index contributed by atoms with van der Waals surface area (Å²) < 4.78 is 27.8. The van der Waals surface area contributed by atoms with Gasteiger partial charge in [0.25, 0.3) is 6.43 Å². The highest BCUT2D eigenvalue weighted by atomic mass is 32.1. The van der Waals surface area contributed by atoms with Crippen LogP contribution in [-0.2, 0) is 5.54 Å². The van der Waals surface area contributed by atoms with E-state index in [1.54, 1.807) is 0 Å². The zero-order valence-corrected chi connectivity index (χ0v) is 6.61. The van der Waals surface area contributed by atoms with E-state index in [1.807, 2.05) is 0 Å². The highest BCUT2D eigenvalue weighted by Gasteiger charge is 2.34. The molecule has 1 unspecified atom stereocenters. The molecule has 1 heterocycles. The van der Waals surface area contributed by atoms with Gasteiger partial charge < -0.3 is 5.73 Å². The van der Waals surface area contributed by atoms with Crippen molar-refractivity contribution in [3.63, 3.8) is 0 Å². The number of hydrogen-bond donors (Lipinski definition) is 1. The summed E-state index contributed by atoms with van der Waals surface area (Å²) in [5.41, 5.74) is 3.74. The van der Waals surface area contributed by atoms with Crippen LogP contribution >= 0.6 is 11.5 Å². The SMILES string of the molecule is CC(N)(c1csnn1)C(F)F. The number of aromatic nitrogens is 2. The fourth-order valence-corrected chi connectivity index (χ4v) is 1.09. The number of rotatable bonds is 2. The molecule has 0 aliphatic rings. The van der Waals surface area contributed by atoms with Gasteiger partial charge in [0.05, 0.1) is 0 Å². The third kappa shape index (κ3) is 1.51. The van der Waals surface area contributed by atoms with Crippen molar-refractivity contribution >= 4 is 11.5 Å². The van der Waals surface area contributed by atoms with E-state index in [9.17, 15) is 8.78 Å². The maximum atomic E-state index is 12.2. The van der Waals surface area contributed by atoms with Gasteiger partial charge in [0.2, 0.25) is 0 Å². The van der Waals surface area contributed by atoms with Crippen molar-refractivity contribution in [1.82, 2.24) is 9.59 Å². The summed E-state index contributed by atoms with van der Waals surface area (Å²) in [6.07, 6.45) is -2.62. The molecule has 0 amide bonds. The van der Waals surface area contributed by atoms with Crippen molar-refractivity contribution in [2.75, 3.05) is 0 Å². The molecule has 0 radical (unpaired) electrons. The van der Waals surface area contributed by atoms with E-state index in [1.165, 1.54) is 12.3 Å². The number of nitrogens with two attached hydrogens (primary N) is 1. The molecule has 1 atom stereocenters. The first kappa shape index (κ1) is 8.48. The number of hydrogen-bond acceptors (Lipinski definition) is 4. The first-order valence-corrected chi connectivity index (χ1v) is 3.73. The average molecular weight is 179 g/mol. The van der Waals surface area contributed by atoms with Gasteiger partial charge in [0.1, 0.15) is 11.2 Å². The van der Waals surface area contributed by atoms with Crippen LogP contribution in [-0.4, -0.2) is 16.0 Å². The Kier molecular flexibility index (Phi) is 2.15. The number of alkyl halides is 2. The molecule has 62 valence electrons. The molecule has 0 aliphatic heterocycles. The number of nitrogens with zero attached hydrogens (tertiary/aromatic N) is 2. The van der Waals surface area contributed by atoms with Crippen molar-refractivity contribution in [1.29, 1.82) is 0 Å². The van der Waals surface area contributed by atoms with E-state index in [-0.39, 0.29) is 5.69 Å². The normalized spacial score (nSPS) is 16.8. The first-order valence-electron chi connectivity index (χ1n) is 2.89. The number of halogens is 2. The molecule has 1 rings (SSSR count). The van der Waals surface area contributed by atoms with Gasteiger partial charge in [-0.3, -0.25) is 0 Å². The van der Waals surface area contributed by atoms with E-state index >= 15 is 0 Å². The van der Waals surface area contributed by atoms with E-state index in [4.69, 9.17) is 5.73 Å². The van der Waals surface area contributed by atoms with E-state index < -0.39 is 12.0 Å². The highest BCUT2D eigenvalue weighted by molar-refractivity contribution is 7.03. The van der Waals surface area contributed by atoms with E-state index in [2.05, 4.69) is 9.59 Å². The Hall–Kier alpha value is -0.620. The van der Waals surface area contributed by atoms with Crippen LogP contribution in [0.5, 0.6) is 0 Å². The molecule has 0 aliphatic carbocycles. The second-order valence-electron chi connectivity index (χ2n) is 2.37. The average Bonchev–Trinajstić information content (AvgIpc) is 2.37. The molecule has 0 saturated heterocycles. The molecule has 3 nitrogen and oxygen atoms in total. The first-order chi connectivity index (χ1) is 5.05. The Morgan fingerprint density at radius 2 is 2.36 bits per heavy atom. The third-order valence-electron chi connectivity index (χ3n) is 1.37. The maximum absolute atomic E-state index is 12.2. The minimum atomic E-state index is -2.62. The van der Waals surface area contributed by atoms with E-state index in [0.29, 0.717) is 0 Å². The highest BCUT2D eigenvalue weighted by Crippen LogP contribution is 2.23. The zero-order valence-electron chi connectivity index (χ0n) is 5.79. The molecular formula is C5H7F2N3S. The zero-order chi connectivity index (χ0) is 8.48. The molecule has 0 bridgehead atoms. The monoisotopic (exact) mass is 179 g/mol. The Labute approximate surface area is 66.4 Å². The Balaban J connectivity index is 2.90. The van der Waals surface area contributed by atoms with Crippen LogP contribution in [0, 0.1) is 0 Å². The predicted octanol–water partition coefficient (Wildman–Crippen LogP) is 0.977. The van der Waals surface area contributed by atoms with E-state index in [0.717, 1.165) is 11.5 Å². The second kappa shape index (κ2) is 2.78. The van der Waals surface area contributed by atoms with Crippen molar-refractivity contribution < 1.29 is 8.78 Å². The predicted molar refractivity (Wildman–Crippen MR) is 37.5 cm³/mol. The Morgan fingerprint density at radius 3 is 2.73 bits per heavy atom. The fraction of sp³-hybridized carbons (Fsp3) is 0.600. The van der Waals surface area contributed by atoms with Gasteiger partial charge in [-0.2, -0.15) is 0 Å². The van der Waals surface area contributed by atoms with Crippen LogP contribution in [0.15, 0.2) is 5.38 Å². The van der Waals surface area contributed by atoms with Gasteiger partial charge in [-0.1, -0.05) is 4.49 Å². The van der Waals surface area contributed by atoms with Gasteiger partial charge in [0.15, 0.2) is 0 Å². The second-order valence-corrected chi connectivity index (χ2v) is 2.98. The lowest BCUT2D eigenvalue weighted by atomic mass is 10.0. The fourth-order valence-electron chi connectivity index (χ4n) is 0.511. The van der Waals surface area contributed by atoms with Crippen LogP contribution in [0.3, 0.4) is 0 Å². The third-order valence-corrected chi connectivity index (χ3v) is 1.87. The molecule has 0 fully saturated rings. The topological polar surface area (TPSA) is 51.8 Å². The Morgan fingerprint density at radius 1 is 1.73 bits per heavy atom. The quantitative estimate of drug-likeness (QED) is 0.736.